The molecule has 2 aliphatic rings. The van der Waals surface area contributed by atoms with Gasteiger partial charge in [-0.3, -0.25) is 9.69 Å². The number of hydrogen-bond donors (Lipinski definition) is 0. The van der Waals surface area contributed by atoms with E-state index in [0.717, 1.165) is 22.4 Å². The number of amides is 1. The highest BCUT2D eigenvalue weighted by molar-refractivity contribution is 6.03. The number of anilines is 1. The van der Waals surface area contributed by atoms with Gasteiger partial charge in [0, 0.05) is 32.6 Å². The predicted molar refractivity (Wildman–Crippen MR) is 133 cm³/mol. The van der Waals surface area contributed by atoms with Crippen LogP contribution in [-0.2, 0) is 4.79 Å². The Kier molecular flexibility index (Phi) is 6.59. The largest absolute Gasteiger partial charge is 0.367 e. The lowest BCUT2D eigenvalue weighted by Crippen LogP contribution is -2.49. The van der Waals surface area contributed by atoms with Crippen LogP contribution < -0.4 is 4.90 Å². The number of piperazine rings is 1. The number of hydrazone groups is 1. The van der Waals surface area contributed by atoms with Crippen molar-refractivity contribution >= 4 is 17.3 Å². The molecule has 2 heterocycles. The summed E-state index contributed by atoms with van der Waals surface area (Å²) in [5.41, 5.74) is 4.25. The summed E-state index contributed by atoms with van der Waals surface area (Å²) in [7, 11) is 0. The molecule has 5 rings (SSSR count). The smallest absolute Gasteiger partial charge is 0.257 e. The molecule has 35 heavy (non-hydrogen) atoms. The van der Waals surface area contributed by atoms with Gasteiger partial charge in [0.15, 0.2) is 0 Å². The summed E-state index contributed by atoms with van der Waals surface area (Å²) in [5, 5.41) is 6.23. The zero-order valence-corrected chi connectivity index (χ0v) is 19.7. The maximum Gasteiger partial charge on any atom is 0.257 e. The van der Waals surface area contributed by atoms with Crippen LogP contribution in [0.3, 0.4) is 0 Å². The fourth-order valence-corrected chi connectivity index (χ4v) is 4.75. The van der Waals surface area contributed by atoms with Crippen LogP contribution in [0.25, 0.3) is 0 Å². The number of para-hydroxylation sites is 1. The Morgan fingerprint density at radius 1 is 0.943 bits per heavy atom. The lowest BCUT2D eigenvalue weighted by Gasteiger charge is -2.36. The molecule has 3 aromatic carbocycles. The topological polar surface area (TPSA) is 39.2 Å². The van der Waals surface area contributed by atoms with Gasteiger partial charge in [-0.05, 0) is 42.3 Å². The predicted octanol–water partition coefficient (Wildman–Crippen LogP) is 4.77. The van der Waals surface area contributed by atoms with E-state index in [0.29, 0.717) is 38.3 Å². The van der Waals surface area contributed by atoms with Crippen molar-refractivity contribution in [3.8, 4) is 0 Å². The number of hydrogen-bond acceptors (Lipinski definition) is 4. The molecule has 0 aromatic heterocycles. The molecule has 1 saturated heterocycles. The summed E-state index contributed by atoms with van der Waals surface area (Å²) in [4.78, 5) is 17.5. The normalized spacial score (nSPS) is 18.6. The van der Waals surface area contributed by atoms with E-state index in [2.05, 4.69) is 4.90 Å². The number of carbonyl (C=O) groups is 1. The second-order valence-electron chi connectivity index (χ2n) is 9.14. The first kappa shape index (κ1) is 23.2. The lowest BCUT2D eigenvalue weighted by molar-refractivity contribution is -0.134. The van der Waals surface area contributed by atoms with Gasteiger partial charge >= 0.3 is 0 Å². The monoisotopic (exact) mass is 474 g/mol. The van der Waals surface area contributed by atoms with Crippen molar-refractivity contribution in [2.45, 2.75) is 19.4 Å². The van der Waals surface area contributed by atoms with Gasteiger partial charge in [0.05, 0.1) is 24.0 Å². The maximum atomic E-state index is 14.2. The Balaban J connectivity index is 1.31. The molecule has 7 heteroatoms. The zero-order valence-electron chi connectivity index (χ0n) is 19.7. The van der Waals surface area contributed by atoms with Crippen LogP contribution in [0.15, 0.2) is 77.9 Å². The Labute approximate surface area is 204 Å². The van der Waals surface area contributed by atoms with E-state index in [4.69, 9.17) is 5.10 Å². The Bertz CT molecular complexity index is 1240. The third kappa shape index (κ3) is 5.10. The molecule has 1 fully saturated rings. The summed E-state index contributed by atoms with van der Waals surface area (Å²) in [6.45, 7) is 4.80. The maximum absolute atomic E-state index is 14.2. The molecule has 3 aromatic rings. The number of carbonyl (C=O) groups excluding carboxylic acids is 1. The second kappa shape index (κ2) is 9.96. The Morgan fingerprint density at radius 2 is 1.69 bits per heavy atom. The van der Waals surface area contributed by atoms with Gasteiger partial charge in [-0.1, -0.05) is 54.1 Å². The molecule has 2 aliphatic heterocycles. The molecule has 1 atom stereocenters. The molecule has 0 spiro atoms. The van der Waals surface area contributed by atoms with Gasteiger partial charge in [0.1, 0.15) is 11.6 Å². The minimum atomic E-state index is -0.353. The first-order valence-electron chi connectivity index (χ1n) is 11.9. The van der Waals surface area contributed by atoms with E-state index in [9.17, 15) is 13.6 Å². The van der Waals surface area contributed by atoms with Crippen LogP contribution in [0, 0.1) is 18.6 Å². The molecule has 0 bridgehead atoms. The molecular weight excluding hydrogens is 446 g/mol. The molecule has 5 nitrogen and oxygen atoms in total. The van der Waals surface area contributed by atoms with E-state index in [1.165, 1.54) is 23.2 Å². The van der Waals surface area contributed by atoms with Crippen molar-refractivity contribution < 1.29 is 13.6 Å². The molecule has 1 amide bonds. The summed E-state index contributed by atoms with van der Waals surface area (Å²) in [5.74, 6) is -0.686. The molecule has 0 saturated carbocycles. The highest BCUT2D eigenvalue weighted by Gasteiger charge is 2.34. The van der Waals surface area contributed by atoms with Crippen molar-refractivity contribution in [3.63, 3.8) is 0 Å². The van der Waals surface area contributed by atoms with Crippen molar-refractivity contribution in [2.75, 3.05) is 37.6 Å². The zero-order chi connectivity index (χ0) is 24.4. The molecule has 0 N–H and O–H groups in total. The Morgan fingerprint density at radius 3 is 2.40 bits per heavy atom. The summed E-state index contributed by atoms with van der Waals surface area (Å²) < 4.78 is 28.2. The van der Waals surface area contributed by atoms with E-state index in [-0.39, 0.29) is 30.1 Å². The van der Waals surface area contributed by atoms with Gasteiger partial charge < -0.3 is 4.90 Å². The fourth-order valence-electron chi connectivity index (χ4n) is 4.75. The van der Waals surface area contributed by atoms with Gasteiger partial charge in [-0.25, -0.2) is 13.8 Å². The van der Waals surface area contributed by atoms with Crippen LogP contribution in [0.1, 0.15) is 29.2 Å². The van der Waals surface area contributed by atoms with Crippen LogP contribution >= 0.6 is 0 Å². The van der Waals surface area contributed by atoms with Crippen LogP contribution in [0.4, 0.5) is 14.5 Å². The highest BCUT2D eigenvalue weighted by Crippen LogP contribution is 2.33. The highest BCUT2D eigenvalue weighted by atomic mass is 19.1. The van der Waals surface area contributed by atoms with E-state index in [1.807, 2.05) is 48.2 Å². The van der Waals surface area contributed by atoms with Gasteiger partial charge in [-0.2, -0.15) is 5.10 Å². The van der Waals surface area contributed by atoms with Crippen LogP contribution in [0.2, 0.25) is 0 Å². The average molecular weight is 475 g/mol. The van der Waals surface area contributed by atoms with Gasteiger partial charge in [-0.15, -0.1) is 0 Å². The average Bonchev–Trinajstić information content (AvgIpc) is 3.31. The lowest BCUT2D eigenvalue weighted by atomic mass is 9.98. The summed E-state index contributed by atoms with van der Waals surface area (Å²) in [6, 6.07) is 20.9. The van der Waals surface area contributed by atoms with Crippen molar-refractivity contribution in [1.82, 2.24) is 9.91 Å². The number of aryl methyl sites for hydroxylation is 1. The van der Waals surface area contributed by atoms with Crippen molar-refractivity contribution in [3.05, 3.63) is 101 Å². The van der Waals surface area contributed by atoms with E-state index < -0.39 is 0 Å². The number of benzene rings is 3. The first-order valence-corrected chi connectivity index (χ1v) is 11.9. The number of rotatable bonds is 5. The van der Waals surface area contributed by atoms with Crippen LogP contribution in [0.5, 0.6) is 0 Å². The first-order chi connectivity index (χ1) is 17.0. The quantitative estimate of drug-likeness (QED) is 0.535. The summed E-state index contributed by atoms with van der Waals surface area (Å²) >= 11 is 0. The van der Waals surface area contributed by atoms with Gasteiger partial charge in [0.2, 0.25) is 0 Å². The minimum absolute atomic E-state index is 0.124. The van der Waals surface area contributed by atoms with Gasteiger partial charge in [0.25, 0.3) is 5.91 Å². The standard InChI is InChI=1S/C28H28F2N4O/c1-20-9-11-21(12-10-20)25-18-27(22-5-4-6-23(29)17-22)34(31-25)28(35)19-32-13-15-33(16-14-32)26-8-3-2-7-24(26)30/h2-12,17,27H,13-16,18-19H2,1H3/t27-/m1/s1. The second-order valence-corrected chi connectivity index (χ2v) is 9.14. The van der Waals surface area contributed by atoms with E-state index >= 15 is 0 Å². The molecule has 0 aliphatic carbocycles. The number of nitrogens with zero attached hydrogens (tertiary/aromatic N) is 4. The minimum Gasteiger partial charge on any atom is -0.367 e. The third-order valence-corrected chi connectivity index (χ3v) is 6.71. The number of halogens is 2. The fraction of sp³-hybridized carbons (Fsp3) is 0.286. The van der Waals surface area contributed by atoms with Crippen molar-refractivity contribution in [2.24, 2.45) is 5.10 Å². The van der Waals surface area contributed by atoms with Crippen LogP contribution in [-0.4, -0.2) is 54.3 Å². The van der Waals surface area contributed by atoms with Crippen molar-refractivity contribution in [1.29, 1.82) is 0 Å². The SMILES string of the molecule is Cc1ccc(C2=NN(C(=O)CN3CCN(c4ccccc4F)CC3)[C@@H](c3cccc(F)c3)C2)cc1. The van der Waals surface area contributed by atoms with E-state index in [1.54, 1.807) is 18.2 Å². The third-order valence-electron chi connectivity index (χ3n) is 6.71. The Hall–Kier alpha value is -3.58. The molecule has 180 valence electrons. The molecule has 0 radical (unpaired) electrons. The molecule has 0 unspecified atom stereocenters. The molecular formula is C28H28F2N4O. The summed E-state index contributed by atoms with van der Waals surface area (Å²) in [6.07, 6.45) is 0.527.